The molecule has 0 saturated heterocycles. The molecule has 6 heteroatoms. The Hall–Kier alpha value is -3.67. The van der Waals surface area contributed by atoms with Gasteiger partial charge in [0.2, 0.25) is 0 Å². The second-order valence-corrected chi connectivity index (χ2v) is 7.67. The summed E-state index contributed by atoms with van der Waals surface area (Å²) in [7, 11) is 0. The molecule has 0 radical (unpaired) electrons. The molecule has 0 bridgehead atoms. The maximum Gasteiger partial charge on any atom is 0.305 e. The van der Waals surface area contributed by atoms with Gasteiger partial charge in [-0.25, -0.2) is 0 Å². The summed E-state index contributed by atoms with van der Waals surface area (Å²) in [4.78, 5) is 28.4. The summed E-state index contributed by atoms with van der Waals surface area (Å²) in [5.74, 6) is 0.605. The molecule has 1 heterocycles. The van der Waals surface area contributed by atoms with E-state index < -0.39 is 6.10 Å². The monoisotopic (exact) mass is 447 g/mol. The van der Waals surface area contributed by atoms with Crippen LogP contribution in [0.15, 0.2) is 67.0 Å². The lowest BCUT2D eigenvalue weighted by Crippen LogP contribution is -2.14. The highest BCUT2D eigenvalue weighted by atomic mass is 16.5. The third-order valence-corrected chi connectivity index (χ3v) is 5.18. The third-order valence-electron chi connectivity index (χ3n) is 5.18. The Morgan fingerprint density at radius 2 is 1.88 bits per heavy atom. The first kappa shape index (κ1) is 24.0. The summed E-state index contributed by atoms with van der Waals surface area (Å²) in [6, 6.07) is 16.8. The van der Waals surface area contributed by atoms with Crippen molar-refractivity contribution in [3.63, 3.8) is 0 Å². The van der Waals surface area contributed by atoms with Gasteiger partial charge in [0.25, 0.3) is 0 Å². The van der Waals surface area contributed by atoms with Crippen LogP contribution in [0.5, 0.6) is 11.5 Å². The fourth-order valence-corrected chi connectivity index (χ4v) is 3.49. The van der Waals surface area contributed by atoms with Gasteiger partial charge in [-0.05, 0) is 56.5 Å². The Bertz CT molecular complexity index is 1080. The van der Waals surface area contributed by atoms with E-state index in [1.54, 1.807) is 37.5 Å². The number of hydrogen-bond donors (Lipinski definition) is 0. The molecule has 1 atom stereocenters. The molecule has 1 unspecified atom stereocenters. The number of esters is 1. The molecule has 0 aliphatic carbocycles. The van der Waals surface area contributed by atoms with Crippen molar-refractivity contribution in [2.24, 2.45) is 0 Å². The minimum absolute atomic E-state index is 0.113. The van der Waals surface area contributed by atoms with Gasteiger partial charge in [-0.3, -0.25) is 14.6 Å². The molecule has 0 aliphatic heterocycles. The molecule has 1 aromatic heterocycles. The van der Waals surface area contributed by atoms with Crippen LogP contribution >= 0.6 is 0 Å². The second-order valence-electron chi connectivity index (χ2n) is 7.67. The van der Waals surface area contributed by atoms with Gasteiger partial charge in [0.05, 0.1) is 12.2 Å². The smallest absolute Gasteiger partial charge is 0.305 e. The van der Waals surface area contributed by atoms with Crippen molar-refractivity contribution >= 4 is 11.8 Å². The molecule has 0 fully saturated rings. The zero-order valence-corrected chi connectivity index (χ0v) is 19.2. The first-order chi connectivity index (χ1) is 16.0. The minimum Gasteiger partial charge on any atom is -0.489 e. The van der Waals surface area contributed by atoms with Crippen LogP contribution in [0.25, 0.3) is 0 Å². The number of aryl methyl sites for hydroxylation is 1. The fraction of sp³-hybridized carbons (Fsp3) is 0.296. The zero-order chi connectivity index (χ0) is 23.6. The van der Waals surface area contributed by atoms with Crippen LogP contribution in [-0.4, -0.2) is 23.3 Å². The van der Waals surface area contributed by atoms with E-state index in [-0.39, 0.29) is 18.2 Å². The van der Waals surface area contributed by atoms with E-state index in [0.29, 0.717) is 36.7 Å². The highest BCUT2D eigenvalue weighted by Gasteiger charge is 2.21. The lowest BCUT2D eigenvalue weighted by atomic mass is 9.99. The Labute approximate surface area is 194 Å². The van der Waals surface area contributed by atoms with Gasteiger partial charge in [0.15, 0.2) is 5.78 Å². The molecule has 3 rings (SSSR count). The maximum absolute atomic E-state index is 12.3. The van der Waals surface area contributed by atoms with Crippen LogP contribution in [0.4, 0.5) is 0 Å². The summed E-state index contributed by atoms with van der Waals surface area (Å²) in [6.07, 6.45) is 3.65. The van der Waals surface area contributed by atoms with Crippen molar-refractivity contribution in [3.05, 3.63) is 89.2 Å². The number of carbonyl (C=O) groups is 2. The number of hydrogen-bond acceptors (Lipinski definition) is 6. The van der Waals surface area contributed by atoms with Crippen LogP contribution in [0, 0.1) is 6.92 Å². The number of aromatic nitrogens is 1. The predicted molar refractivity (Wildman–Crippen MR) is 125 cm³/mol. The standard InChI is InChI=1S/C27H29NO5/c1-4-31-27(30)14-13-25(23-10-6-5-8-19(23)2)33-26-16-22(11-12-24(26)20(3)29)32-18-21-9-7-15-28-17-21/h5-12,15-17,25H,4,13-14,18H2,1-3H3. The summed E-state index contributed by atoms with van der Waals surface area (Å²) >= 11 is 0. The van der Waals surface area contributed by atoms with Gasteiger partial charge >= 0.3 is 5.97 Å². The van der Waals surface area contributed by atoms with Crippen molar-refractivity contribution in [2.45, 2.75) is 46.3 Å². The number of nitrogens with zero attached hydrogens (tertiary/aromatic N) is 1. The molecule has 0 aliphatic rings. The summed E-state index contributed by atoms with van der Waals surface area (Å²) < 4.78 is 17.4. The topological polar surface area (TPSA) is 74.7 Å². The summed E-state index contributed by atoms with van der Waals surface area (Å²) in [6.45, 7) is 5.95. The molecule has 0 spiro atoms. The van der Waals surface area contributed by atoms with E-state index in [4.69, 9.17) is 14.2 Å². The molecule has 0 saturated carbocycles. The Kier molecular flexibility index (Phi) is 8.58. The van der Waals surface area contributed by atoms with Crippen molar-refractivity contribution in [1.29, 1.82) is 0 Å². The second kappa shape index (κ2) is 11.8. The first-order valence-corrected chi connectivity index (χ1v) is 11.0. The van der Waals surface area contributed by atoms with Crippen molar-refractivity contribution in [2.75, 3.05) is 6.61 Å². The molecule has 3 aromatic rings. The SMILES string of the molecule is CCOC(=O)CCC(Oc1cc(OCc2cccnc2)ccc1C(C)=O)c1ccccc1C. The lowest BCUT2D eigenvalue weighted by Gasteiger charge is -2.23. The highest BCUT2D eigenvalue weighted by Crippen LogP contribution is 2.33. The van der Waals surface area contributed by atoms with Crippen molar-refractivity contribution in [3.8, 4) is 11.5 Å². The maximum atomic E-state index is 12.3. The Morgan fingerprint density at radius 1 is 1.06 bits per heavy atom. The van der Waals surface area contributed by atoms with E-state index in [0.717, 1.165) is 16.7 Å². The molecular weight excluding hydrogens is 418 g/mol. The van der Waals surface area contributed by atoms with Crippen molar-refractivity contribution < 1.29 is 23.8 Å². The van der Waals surface area contributed by atoms with Crippen LogP contribution in [0.1, 0.15) is 59.8 Å². The molecule has 6 nitrogen and oxygen atoms in total. The van der Waals surface area contributed by atoms with Gasteiger partial charge in [0.1, 0.15) is 24.2 Å². The highest BCUT2D eigenvalue weighted by molar-refractivity contribution is 5.97. The third kappa shape index (κ3) is 6.91. The fourth-order valence-electron chi connectivity index (χ4n) is 3.49. The number of Topliss-reactive ketones (excluding diaryl/α,β-unsaturated/α-hetero) is 1. The minimum atomic E-state index is -0.428. The Balaban J connectivity index is 1.86. The molecule has 33 heavy (non-hydrogen) atoms. The van der Waals surface area contributed by atoms with E-state index in [1.807, 2.05) is 43.3 Å². The number of benzene rings is 2. The molecule has 172 valence electrons. The van der Waals surface area contributed by atoms with E-state index in [9.17, 15) is 9.59 Å². The largest absolute Gasteiger partial charge is 0.489 e. The predicted octanol–water partition coefficient (Wildman–Crippen LogP) is 5.64. The number of pyridine rings is 1. The van der Waals surface area contributed by atoms with Gasteiger partial charge in [-0.1, -0.05) is 30.3 Å². The van der Waals surface area contributed by atoms with Gasteiger partial charge in [0, 0.05) is 30.4 Å². The molecule has 2 aromatic carbocycles. The number of carbonyl (C=O) groups excluding carboxylic acids is 2. The molecular formula is C27H29NO5. The van der Waals surface area contributed by atoms with Crippen LogP contribution in [0.2, 0.25) is 0 Å². The first-order valence-electron chi connectivity index (χ1n) is 11.0. The number of ether oxygens (including phenoxy) is 3. The van der Waals surface area contributed by atoms with E-state index in [1.165, 1.54) is 6.92 Å². The van der Waals surface area contributed by atoms with E-state index in [2.05, 4.69) is 4.98 Å². The van der Waals surface area contributed by atoms with Gasteiger partial charge in [-0.15, -0.1) is 0 Å². The lowest BCUT2D eigenvalue weighted by molar-refractivity contribution is -0.143. The normalized spacial score (nSPS) is 11.5. The molecule has 0 N–H and O–H groups in total. The Morgan fingerprint density at radius 3 is 2.58 bits per heavy atom. The van der Waals surface area contributed by atoms with Crippen LogP contribution in [-0.2, 0) is 16.1 Å². The van der Waals surface area contributed by atoms with E-state index >= 15 is 0 Å². The summed E-state index contributed by atoms with van der Waals surface area (Å²) in [5.41, 5.74) is 3.39. The van der Waals surface area contributed by atoms with Crippen LogP contribution < -0.4 is 9.47 Å². The zero-order valence-electron chi connectivity index (χ0n) is 19.2. The summed E-state index contributed by atoms with van der Waals surface area (Å²) in [5, 5.41) is 0. The van der Waals surface area contributed by atoms with Crippen molar-refractivity contribution in [1.82, 2.24) is 4.98 Å². The van der Waals surface area contributed by atoms with Gasteiger partial charge < -0.3 is 14.2 Å². The van der Waals surface area contributed by atoms with Crippen LogP contribution in [0.3, 0.4) is 0 Å². The number of rotatable bonds is 11. The quantitative estimate of drug-likeness (QED) is 0.280. The number of ketones is 1. The average molecular weight is 448 g/mol. The average Bonchev–Trinajstić information content (AvgIpc) is 2.81. The van der Waals surface area contributed by atoms with Gasteiger partial charge in [-0.2, -0.15) is 0 Å². The molecule has 0 amide bonds.